The van der Waals surface area contributed by atoms with Crippen molar-refractivity contribution < 1.29 is 127 Å². The minimum absolute atomic E-state index is 0.0504. The van der Waals surface area contributed by atoms with Crippen LogP contribution in [-0.2, 0) is 71.6 Å². The number of aliphatic hydroxyl groups is 4. The van der Waals surface area contributed by atoms with Gasteiger partial charge in [0.1, 0.15) is 102 Å². The molecule has 109 heavy (non-hydrogen) atoms. The molecule has 8 heterocycles. The van der Waals surface area contributed by atoms with Crippen molar-refractivity contribution >= 4 is 58.9 Å². The van der Waals surface area contributed by atoms with Crippen molar-refractivity contribution in [3.63, 3.8) is 0 Å². The number of ketones is 2. The number of amides is 7. The number of carbonyl (C=O) groups is 10. The molecule has 36 nitrogen and oxygen atoms in total. The lowest BCUT2D eigenvalue weighted by Crippen LogP contribution is -2.63. The molecule has 21 N–H and O–H groups in total. The highest BCUT2D eigenvalue weighted by Gasteiger charge is 2.52. The Balaban J connectivity index is 1.17. The van der Waals surface area contributed by atoms with Gasteiger partial charge in [-0.3, -0.25) is 43.2 Å². The van der Waals surface area contributed by atoms with Crippen LogP contribution < -0.4 is 68.6 Å². The maximum atomic E-state index is 16.3. The molecule has 0 aliphatic carbocycles. The van der Waals surface area contributed by atoms with Crippen LogP contribution in [0.5, 0.6) is 46.0 Å². The summed E-state index contributed by atoms with van der Waals surface area (Å²) in [6.07, 6.45) is -20.4. The predicted octanol–water partition coefficient (Wildman–Crippen LogP) is -0.547. The number of aromatic hydroxyl groups is 3. The van der Waals surface area contributed by atoms with Gasteiger partial charge in [0.05, 0.1) is 30.1 Å². The lowest BCUT2D eigenvalue weighted by Gasteiger charge is -2.45. The van der Waals surface area contributed by atoms with Crippen molar-refractivity contribution in [3.8, 4) is 57.1 Å². The first-order chi connectivity index (χ1) is 51.4. The van der Waals surface area contributed by atoms with Gasteiger partial charge in [0.15, 0.2) is 47.8 Å². The van der Waals surface area contributed by atoms with E-state index in [-0.39, 0.29) is 46.9 Å². The second kappa shape index (κ2) is 32.0. The van der Waals surface area contributed by atoms with Crippen LogP contribution in [0.3, 0.4) is 0 Å². The molecule has 0 saturated carbocycles. The van der Waals surface area contributed by atoms with Gasteiger partial charge in [-0.1, -0.05) is 44.2 Å². The molecule has 8 aliphatic rings. The number of carboxylic acid groups (broad SMARTS) is 1. The van der Waals surface area contributed by atoms with Gasteiger partial charge in [0.2, 0.25) is 53.4 Å². The largest absolute Gasteiger partial charge is 0.508 e. The first-order valence-corrected chi connectivity index (χ1v) is 34.8. The number of ether oxygens (including phenoxy) is 8. The topological polar surface area (TPSA) is 569 Å². The molecule has 0 aromatic heterocycles. The number of likely N-dealkylation sites (N-methyl/N-ethyl adjacent to an activating group) is 1. The average Bonchev–Trinajstić information content (AvgIpc) is 0.766. The average molecular weight is 1520 g/mol. The van der Waals surface area contributed by atoms with Gasteiger partial charge in [0.25, 0.3) is 0 Å². The van der Waals surface area contributed by atoms with E-state index >= 15 is 19.2 Å². The molecule has 0 spiro atoms. The summed E-state index contributed by atoms with van der Waals surface area (Å²) in [6, 6.07) is 3.19. The fourth-order valence-electron chi connectivity index (χ4n) is 13.9. The lowest BCUT2D eigenvalue weighted by molar-refractivity contribution is -0.323. The zero-order chi connectivity index (χ0) is 79.2. The Kier molecular flexibility index (Phi) is 23.4. The number of hydrogen-bond acceptors (Lipinski definition) is 28. The number of phenolic OH excluding ortho intramolecular Hbond substituents is 3. The lowest BCUT2D eigenvalue weighted by atomic mass is 9.88. The fourth-order valence-corrected chi connectivity index (χ4v) is 13.9. The Morgan fingerprint density at radius 2 is 1.21 bits per heavy atom. The smallest absolute Gasteiger partial charge is 0.330 e. The molecule has 13 rings (SSSR count). The third-order valence-corrected chi connectivity index (χ3v) is 19.6. The number of aliphatic hydroxyl groups excluding tert-OH is 4. The van der Waals surface area contributed by atoms with Gasteiger partial charge in [-0.15, -0.1) is 0 Å². The molecule has 0 unspecified atom stereocenters. The number of aliphatic carboxylic acids is 1. The molecule has 8 aliphatic heterocycles. The SMILES string of the molecule is CN[C@H](CC(C)C)C(=O)N[C@H]1C(=O)N[C@@H](CC(N)=O)C(=O)N[C@H]2C(=O)N[C@H]3C(=O)N[C@H](C(=O)N[C@@H](C(=O)O)c4cc(O)cc(O)c4-c4cc3ccc4O)[C@H](O[C@H]3C[C@](C)(N)C(=O)[C@H](C)O3)c3ccc(cc3)Oc3cc2cc(c3O[C@@H]2O[C@H](CO)[C@@H](O)[C@H](O)[C@H]2O[C@H]2C[C@](C)(N)C(=O)[C@H](C)O2)Oc2ccc(cc2)[C@H]1O. The number of carboxylic acids is 1. The summed E-state index contributed by atoms with van der Waals surface area (Å²) in [6.45, 7) is 8.29. The van der Waals surface area contributed by atoms with Crippen molar-refractivity contribution in [1.29, 1.82) is 0 Å². The fraction of sp³-hybridized carbons (Fsp3) is 0.452. The molecular weight excluding hydrogens is 1430 g/mol. The Bertz CT molecular complexity index is 4370. The number of rotatable bonds is 15. The van der Waals surface area contributed by atoms with Crippen LogP contribution in [0, 0.1) is 5.92 Å². The van der Waals surface area contributed by atoms with Crippen molar-refractivity contribution in [1.82, 2.24) is 37.2 Å². The number of benzene rings is 5. The van der Waals surface area contributed by atoms with Gasteiger partial charge in [0, 0.05) is 35.6 Å². The van der Waals surface area contributed by atoms with Crippen LogP contribution in [0.25, 0.3) is 11.1 Å². The second-order valence-electron chi connectivity index (χ2n) is 28.5. The summed E-state index contributed by atoms with van der Waals surface area (Å²) >= 11 is 0. The molecule has 5 aromatic carbocycles. The number of nitrogens with one attached hydrogen (secondary N) is 7. The highest BCUT2D eigenvalue weighted by atomic mass is 16.8. The number of phenols is 3. The number of carbonyl (C=O) groups excluding carboxylic acids is 9. The van der Waals surface area contributed by atoms with E-state index in [4.69, 9.17) is 55.1 Å². The van der Waals surface area contributed by atoms with Crippen molar-refractivity contribution in [2.24, 2.45) is 23.1 Å². The molecule has 5 aromatic rings. The molecular formula is C73H86N10O26. The van der Waals surface area contributed by atoms with Crippen LogP contribution in [0.1, 0.15) is 125 Å². The van der Waals surface area contributed by atoms with Crippen molar-refractivity contribution in [3.05, 3.63) is 119 Å². The van der Waals surface area contributed by atoms with Crippen LogP contribution in [-0.4, -0.2) is 204 Å². The van der Waals surface area contributed by atoms with Crippen LogP contribution >= 0.6 is 0 Å². The zero-order valence-electron chi connectivity index (χ0n) is 59.8. The molecule has 20 atom stereocenters. The third-order valence-electron chi connectivity index (χ3n) is 19.6. The minimum Gasteiger partial charge on any atom is -0.508 e. The highest BCUT2D eigenvalue weighted by molar-refractivity contribution is 6.01. The summed E-state index contributed by atoms with van der Waals surface area (Å²) < 4.78 is 51.3. The maximum absolute atomic E-state index is 16.3. The molecule has 7 amide bonds. The van der Waals surface area contributed by atoms with E-state index in [1.807, 2.05) is 13.8 Å². The summed E-state index contributed by atoms with van der Waals surface area (Å²) in [5.74, 6) is -16.2. The van der Waals surface area contributed by atoms with E-state index in [1.165, 1.54) is 83.3 Å². The molecule has 11 bridgehead atoms. The van der Waals surface area contributed by atoms with Gasteiger partial charge in [-0.2, -0.15) is 0 Å². The Hall–Kier alpha value is -10.5. The molecule has 584 valence electrons. The van der Waals surface area contributed by atoms with Gasteiger partial charge in [-0.25, -0.2) is 4.79 Å². The van der Waals surface area contributed by atoms with E-state index in [9.17, 15) is 69.6 Å². The summed E-state index contributed by atoms with van der Waals surface area (Å²) in [7, 11) is 1.49. The van der Waals surface area contributed by atoms with E-state index in [1.54, 1.807) is 0 Å². The van der Waals surface area contributed by atoms with Gasteiger partial charge in [-0.05, 0) is 124 Å². The van der Waals surface area contributed by atoms with Crippen molar-refractivity contribution in [2.75, 3.05) is 13.7 Å². The Labute approximate surface area is 621 Å². The van der Waals surface area contributed by atoms with Crippen molar-refractivity contribution in [2.45, 2.75) is 188 Å². The van der Waals surface area contributed by atoms with E-state index in [0.717, 1.165) is 42.5 Å². The van der Waals surface area contributed by atoms with E-state index in [2.05, 4.69) is 37.2 Å². The monoisotopic (exact) mass is 1520 g/mol. The number of hydrogen-bond donors (Lipinski definition) is 18. The molecule has 36 heteroatoms. The Morgan fingerprint density at radius 1 is 0.651 bits per heavy atom. The quantitative estimate of drug-likeness (QED) is 0.0625. The maximum Gasteiger partial charge on any atom is 0.330 e. The number of Topliss-reactive ketones (excluding diaryl/α,β-unsaturated/α-hetero) is 2. The van der Waals surface area contributed by atoms with Gasteiger partial charge < -0.3 is 133 Å². The second-order valence-corrected chi connectivity index (χ2v) is 28.5. The zero-order valence-corrected chi connectivity index (χ0v) is 59.8. The first kappa shape index (κ1) is 79.6. The predicted molar refractivity (Wildman–Crippen MR) is 374 cm³/mol. The Morgan fingerprint density at radius 3 is 1.77 bits per heavy atom. The number of primary amides is 1. The third kappa shape index (κ3) is 17.0. The van der Waals surface area contributed by atoms with E-state index in [0.29, 0.717) is 0 Å². The molecule has 3 saturated heterocycles. The first-order valence-electron chi connectivity index (χ1n) is 34.8. The van der Waals surface area contributed by atoms with Crippen LogP contribution in [0.15, 0.2) is 91.0 Å². The summed E-state index contributed by atoms with van der Waals surface area (Å²) in [5, 5.41) is 110. The van der Waals surface area contributed by atoms with E-state index < -0.39 is 256 Å². The highest BCUT2D eigenvalue weighted by Crippen LogP contribution is 2.49. The minimum atomic E-state index is -2.32. The molecule has 0 radical (unpaired) electrons. The van der Waals surface area contributed by atoms with Crippen LogP contribution in [0.2, 0.25) is 0 Å². The standard InChI is InChI=1S/C73H86N10O26/c1-28(2)18-40(77-7)64(94)82-54-56(89)31-8-13-36(14-9-31)104-44-20-34-21-45(60(44)109-71-61(58(91)57(90)46(27-84)106-71)108-49-26-73(6,76)63(93)30(4)103-49)105-37-15-10-32(11-16-37)59(107-48-25-72(5,75)62(92)29(3)102-48)55-69(99)81-53(70(100)101)39-22-35(85)23-43(87)50(39)38-19-33(12-17-42(38)86)51(66(96)83-55)80-67(97)52(34)79-65(95)41(24-47(74)88)78-68(54)98/h8-17,19-23,28-30,40-41,46,48-49,51-59,61,71,77,84-87,89-91H,18,24-27,75-76H2,1-7H3,(H2,74,88)(H,78,98)(H,79,95)(H,80,97)(H,81,99)(H,82,94)(H,83,96)(H,100,101)/t29-,30-,40+,41-,46+,48-,49-,51+,52+,53+,54+,55-,56+,57+,58-,59+,61+,71-,72-,73-/m0/s1. The van der Waals surface area contributed by atoms with Gasteiger partial charge >= 0.3 is 5.97 Å². The summed E-state index contributed by atoms with van der Waals surface area (Å²) in [5.41, 5.74) is 13.1. The molecule has 3 fully saturated rings. The summed E-state index contributed by atoms with van der Waals surface area (Å²) in [4.78, 5) is 146. The number of nitrogens with two attached hydrogens (primary N) is 3. The normalized spacial score (nSPS) is 31.1. The van der Waals surface area contributed by atoms with Crippen LogP contribution in [0.4, 0.5) is 0 Å². The number of fused-ring (bicyclic) bond motifs is 15.